The fourth-order valence-corrected chi connectivity index (χ4v) is 1.74. The summed E-state index contributed by atoms with van der Waals surface area (Å²) in [5, 5.41) is 7.37. The molecule has 0 heterocycles. The van der Waals surface area contributed by atoms with Crippen molar-refractivity contribution < 1.29 is 32.6 Å². The normalized spacial score (nSPS) is 13.2. The number of carboxylic acids is 1. The number of carboxylic acid groups (broad SMARTS) is 1. The van der Waals surface area contributed by atoms with Gasteiger partial charge in [-0.05, 0) is 24.6 Å². The fourth-order valence-electron chi connectivity index (χ4n) is 1.55. The lowest BCUT2D eigenvalue weighted by molar-refractivity contribution is -0.274. The summed E-state index contributed by atoms with van der Waals surface area (Å²) >= 11 is 5.84. The molecule has 0 aliphatic heterocycles. The molecular formula is C13H10ClF3O4. The van der Waals surface area contributed by atoms with Gasteiger partial charge in [-0.15, -0.1) is 24.8 Å². The van der Waals surface area contributed by atoms with E-state index in [1.807, 2.05) is 0 Å². The molecule has 0 aliphatic carbocycles. The Hall–Kier alpha value is -2.02. The molecule has 0 aromatic heterocycles. The topological polar surface area (TPSA) is 63.6 Å². The van der Waals surface area contributed by atoms with Crippen LogP contribution in [0.3, 0.4) is 0 Å². The van der Waals surface area contributed by atoms with Crippen LogP contribution >= 0.6 is 11.6 Å². The second-order valence-electron chi connectivity index (χ2n) is 3.95. The Morgan fingerprint density at radius 3 is 2.48 bits per heavy atom. The van der Waals surface area contributed by atoms with Crippen molar-refractivity contribution in [3.8, 4) is 5.75 Å². The molecule has 1 aromatic carbocycles. The van der Waals surface area contributed by atoms with Crippen molar-refractivity contribution >= 4 is 29.4 Å². The largest absolute Gasteiger partial charge is 0.573 e. The molecule has 1 aromatic rings. The first-order valence-electron chi connectivity index (χ1n) is 5.56. The van der Waals surface area contributed by atoms with Crippen molar-refractivity contribution in [3.05, 3.63) is 35.4 Å². The van der Waals surface area contributed by atoms with E-state index < -0.39 is 29.2 Å². The van der Waals surface area contributed by atoms with Crippen molar-refractivity contribution in [1.29, 1.82) is 0 Å². The average molecular weight is 323 g/mol. The number of benzene rings is 1. The van der Waals surface area contributed by atoms with Gasteiger partial charge in [-0.25, -0.2) is 4.79 Å². The number of halogens is 4. The Morgan fingerprint density at radius 2 is 2.00 bits per heavy atom. The van der Waals surface area contributed by atoms with Crippen molar-refractivity contribution in [3.63, 3.8) is 0 Å². The maximum atomic E-state index is 12.3. The lowest BCUT2D eigenvalue weighted by atomic mass is 10.0. The van der Waals surface area contributed by atoms with Gasteiger partial charge in [0.15, 0.2) is 5.78 Å². The van der Waals surface area contributed by atoms with Crippen molar-refractivity contribution in [2.45, 2.75) is 18.7 Å². The summed E-state index contributed by atoms with van der Waals surface area (Å²) in [7, 11) is 0. The zero-order valence-corrected chi connectivity index (χ0v) is 11.4. The smallest absolute Gasteiger partial charge is 0.478 e. The first-order valence-corrected chi connectivity index (χ1v) is 5.99. The van der Waals surface area contributed by atoms with Crippen LogP contribution in [0.1, 0.15) is 23.4 Å². The molecular weight excluding hydrogens is 313 g/mol. The van der Waals surface area contributed by atoms with Gasteiger partial charge in [0.05, 0.1) is 0 Å². The van der Waals surface area contributed by atoms with E-state index in [-0.39, 0.29) is 11.1 Å². The Bertz CT molecular complexity index is 581. The van der Waals surface area contributed by atoms with Crippen LogP contribution in [0, 0.1) is 0 Å². The molecule has 0 spiro atoms. The van der Waals surface area contributed by atoms with Crippen LogP contribution in [0.4, 0.5) is 13.2 Å². The van der Waals surface area contributed by atoms with Crippen LogP contribution in [-0.2, 0) is 9.59 Å². The maximum absolute atomic E-state index is 12.3. The van der Waals surface area contributed by atoms with Crippen molar-refractivity contribution in [2.24, 2.45) is 0 Å². The van der Waals surface area contributed by atoms with Crippen LogP contribution in [0.25, 0.3) is 6.08 Å². The van der Waals surface area contributed by atoms with Crippen LogP contribution < -0.4 is 4.74 Å². The summed E-state index contributed by atoms with van der Waals surface area (Å²) < 4.78 is 40.9. The number of carbonyl (C=O) groups is 2. The van der Waals surface area contributed by atoms with E-state index in [0.717, 1.165) is 12.1 Å². The highest BCUT2D eigenvalue weighted by atomic mass is 35.5. The van der Waals surface area contributed by atoms with Crippen molar-refractivity contribution in [2.75, 3.05) is 0 Å². The number of rotatable bonds is 5. The molecule has 8 heteroatoms. The zero-order valence-electron chi connectivity index (χ0n) is 10.6. The average Bonchev–Trinajstić information content (AvgIpc) is 2.33. The molecule has 0 fully saturated rings. The maximum Gasteiger partial charge on any atom is 0.573 e. The van der Waals surface area contributed by atoms with E-state index in [2.05, 4.69) is 4.74 Å². The second-order valence-corrected chi connectivity index (χ2v) is 4.39. The minimum atomic E-state index is -4.96. The van der Waals surface area contributed by atoms with E-state index in [9.17, 15) is 22.8 Å². The van der Waals surface area contributed by atoms with E-state index >= 15 is 0 Å². The Labute approximate surface area is 122 Å². The molecule has 0 radical (unpaired) electrons. The van der Waals surface area contributed by atoms with E-state index in [4.69, 9.17) is 16.7 Å². The lowest BCUT2D eigenvalue weighted by Crippen LogP contribution is -2.18. The number of hydrogen-bond acceptors (Lipinski definition) is 3. The fraction of sp³-hybridized carbons (Fsp3) is 0.231. The molecule has 1 N–H and O–H groups in total. The predicted molar refractivity (Wildman–Crippen MR) is 69.1 cm³/mol. The number of ether oxygens (including phenoxy) is 1. The monoisotopic (exact) mass is 322 g/mol. The second kappa shape index (κ2) is 6.62. The zero-order chi connectivity index (χ0) is 16.2. The molecule has 0 saturated carbocycles. The van der Waals surface area contributed by atoms with E-state index in [1.165, 1.54) is 19.1 Å². The molecule has 4 nitrogen and oxygen atoms in total. The molecule has 21 heavy (non-hydrogen) atoms. The van der Waals surface area contributed by atoms with Gasteiger partial charge in [0.25, 0.3) is 0 Å². The molecule has 114 valence electrons. The van der Waals surface area contributed by atoms with Crippen LogP contribution in [0.2, 0.25) is 0 Å². The molecule has 0 saturated heterocycles. The van der Waals surface area contributed by atoms with Gasteiger partial charge < -0.3 is 9.84 Å². The SMILES string of the molecule is CC(=O)C(Cl)c1cccc(OC(F)(F)F)c1C=CC(=O)O. The third-order valence-electron chi connectivity index (χ3n) is 2.35. The molecule has 0 bridgehead atoms. The lowest BCUT2D eigenvalue weighted by Gasteiger charge is -2.16. The van der Waals surface area contributed by atoms with Crippen LogP contribution in [0.5, 0.6) is 5.75 Å². The quantitative estimate of drug-likeness (QED) is 0.665. The van der Waals surface area contributed by atoms with Gasteiger partial charge in [0, 0.05) is 11.6 Å². The number of carbonyl (C=O) groups excluding carboxylic acids is 1. The van der Waals surface area contributed by atoms with Gasteiger partial charge in [-0.2, -0.15) is 0 Å². The first kappa shape index (κ1) is 17.0. The van der Waals surface area contributed by atoms with Crippen LogP contribution in [0.15, 0.2) is 24.3 Å². The van der Waals surface area contributed by atoms with Gasteiger partial charge in [-0.3, -0.25) is 4.79 Å². The third-order valence-corrected chi connectivity index (χ3v) is 2.89. The Balaban J connectivity index is 3.40. The number of aliphatic carboxylic acids is 1. The third kappa shape index (κ3) is 5.11. The van der Waals surface area contributed by atoms with E-state index in [0.29, 0.717) is 6.08 Å². The summed E-state index contributed by atoms with van der Waals surface area (Å²) in [6, 6.07) is 3.55. The predicted octanol–water partition coefficient (Wildman–Crippen LogP) is 3.55. The highest BCUT2D eigenvalue weighted by molar-refractivity contribution is 6.31. The van der Waals surface area contributed by atoms with Gasteiger partial charge in [-0.1, -0.05) is 12.1 Å². The molecule has 0 aliphatic rings. The molecule has 1 rings (SSSR count). The number of alkyl halides is 4. The summed E-state index contributed by atoms with van der Waals surface area (Å²) in [4.78, 5) is 21.8. The Morgan fingerprint density at radius 1 is 1.38 bits per heavy atom. The van der Waals surface area contributed by atoms with Crippen LogP contribution in [-0.4, -0.2) is 23.2 Å². The van der Waals surface area contributed by atoms with Gasteiger partial charge in [0.1, 0.15) is 11.1 Å². The summed E-state index contributed by atoms with van der Waals surface area (Å²) in [5.74, 6) is -2.49. The summed E-state index contributed by atoms with van der Waals surface area (Å²) in [5.41, 5.74) is -0.184. The minimum Gasteiger partial charge on any atom is -0.478 e. The molecule has 1 unspecified atom stereocenters. The Kier molecular flexibility index (Phi) is 5.37. The van der Waals surface area contributed by atoms with Gasteiger partial charge >= 0.3 is 12.3 Å². The molecule has 1 atom stereocenters. The van der Waals surface area contributed by atoms with E-state index in [1.54, 1.807) is 0 Å². The molecule has 0 amide bonds. The number of ketones is 1. The summed E-state index contributed by atoms with van der Waals surface area (Å²) in [6.45, 7) is 1.17. The highest BCUT2D eigenvalue weighted by Crippen LogP contribution is 2.34. The summed E-state index contributed by atoms with van der Waals surface area (Å²) in [6.07, 6.45) is -3.43. The van der Waals surface area contributed by atoms with Gasteiger partial charge in [0.2, 0.25) is 0 Å². The van der Waals surface area contributed by atoms with Crippen molar-refractivity contribution in [1.82, 2.24) is 0 Å². The minimum absolute atomic E-state index is 0.0309. The number of Topliss-reactive ketones (excluding diaryl/α,β-unsaturated/α-hetero) is 1. The first-order chi connectivity index (χ1) is 9.61. The number of hydrogen-bond donors (Lipinski definition) is 1. The highest BCUT2D eigenvalue weighted by Gasteiger charge is 2.32. The standard InChI is InChI=1S/C13H10ClF3O4/c1-7(18)12(14)9-3-2-4-10(21-13(15,16)17)8(9)5-6-11(19)20/h2-6,12H,1H3,(H,19,20).